The van der Waals surface area contributed by atoms with Crippen LogP contribution in [0.1, 0.15) is 36.5 Å². The van der Waals surface area contributed by atoms with E-state index < -0.39 is 0 Å². The number of benzene rings is 2. The fourth-order valence-electron chi connectivity index (χ4n) is 2.71. The Bertz CT molecular complexity index is 629. The first-order valence-corrected chi connectivity index (χ1v) is 6.72. The van der Waals surface area contributed by atoms with Crippen LogP contribution in [-0.4, -0.2) is 5.84 Å². The lowest BCUT2D eigenvalue weighted by atomic mass is 10.0. The fourth-order valence-corrected chi connectivity index (χ4v) is 2.71. The minimum Gasteiger partial charge on any atom is -0.322 e. The number of anilines is 1. The number of para-hydroxylation sites is 1. The highest BCUT2D eigenvalue weighted by Crippen LogP contribution is 2.33. The van der Waals surface area contributed by atoms with Crippen LogP contribution in [0, 0.1) is 5.41 Å². The smallest absolute Gasteiger partial charge is 0.133 e. The third-order valence-corrected chi connectivity index (χ3v) is 3.72. The molecule has 1 aliphatic rings. The van der Waals surface area contributed by atoms with Gasteiger partial charge in [-0.3, -0.25) is 5.41 Å². The van der Waals surface area contributed by atoms with E-state index in [1.165, 1.54) is 16.8 Å². The van der Waals surface area contributed by atoms with Crippen molar-refractivity contribution < 1.29 is 0 Å². The summed E-state index contributed by atoms with van der Waals surface area (Å²) in [5.41, 5.74) is 4.77. The van der Waals surface area contributed by atoms with Gasteiger partial charge in [0.1, 0.15) is 5.84 Å². The Morgan fingerprint density at radius 3 is 2.42 bits per heavy atom. The average molecular weight is 250 g/mol. The maximum Gasteiger partial charge on any atom is 0.133 e. The molecule has 1 aliphatic heterocycles. The molecule has 0 saturated heterocycles. The van der Waals surface area contributed by atoms with Gasteiger partial charge in [-0.1, -0.05) is 56.3 Å². The third kappa shape index (κ3) is 1.93. The molecule has 96 valence electrons. The molecule has 0 atom stereocenters. The average Bonchev–Trinajstić information content (AvgIpc) is 2.76. The van der Waals surface area contributed by atoms with Gasteiger partial charge in [0.15, 0.2) is 0 Å². The molecule has 0 aliphatic carbocycles. The summed E-state index contributed by atoms with van der Waals surface area (Å²) in [7, 11) is 0. The Morgan fingerprint density at radius 1 is 1.00 bits per heavy atom. The molecule has 1 heterocycles. The summed E-state index contributed by atoms with van der Waals surface area (Å²) in [6.07, 6.45) is 0. The number of nitrogens with one attached hydrogen (secondary N) is 1. The van der Waals surface area contributed by atoms with E-state index in [0.717, 1.165) is 12.1 Å². The van der Waals surface area contributed by atoms with Crippen LogP contribution < -0.4 is 4.90 Å². The molecule has 0 spiro atoms. The highest BCUT2D eigenvalue weighted by molar-refractivity contribution is 6.12. The molecular formula is C17H18N2. The second-order valence-corrected chi connectivity index (χ2v) is 5.31. The first-order valence-electron chi connectivity index (χ1n) is 6.72. The second-order valence-electron chi connectivity index (χ2n) is 5.31. The van der Waals surface area contributed by atoms with Crippen molar-refractivity contribution in [2.45, 2.75) is 26.3 Å². The minimum atomic E-state index is 0.465. The maximum absolute atomic E-state index is 8.39. The van der Waals surface area contributed by atoms with E-state index in [-0.39, 0.29) is 0 Å². The van der Waals surface area contributed by atoms with Crippen LogP contribution in [0.25, 0.3) is 0 Å². The lowest BCUT2D eigenvalue weighted by Gasteiger charge is -2.23. The van der Waals surface area contributed by atoms with E-state index in [2.05, 4.69) is 49.1 Å². The van der Waals surface area contributed by atoms with E-state index in [4.69, 9.17) is 5.41 Å². The van der Waals surface area contributed by atoms with Gasteiger partial charge < -0.3 is 4.90 Å². The molecule has 0 radical (unpaired) electrons. The zero-order valence-corrected chi connectivity index (χ0v) is 11.4. The minimum absolute atomic E-state index is 0.465. The topological polar surface area (TPSA) is 27.1 Å². The summed E-state index contributed by atoms with van der Waals surface area (Å²) in [6.45, 7) is 5.20. The van der Waals surface area contributed by atoms with Gasteiger partial charge >= 0.3 is 0 Å². The number of nitrogens with zero attached hydrogens (tertiary/aromatic N) is 1. The van der Waals surface area contributed by atoms with E-state index in [0.29, 0.717) is 11.8 Å². The van der Waals surface area contributed by atoms with Gasteiger partial charge in [0.2, 0.25) is 0 Å². The fraction of sp³-hybridized carbons (Fsp3) is 0.235. The zero-order valence-electron chi connectivity index (χ0n) is 11.4. The molecule has 3 rings (SSSR count). The summed E-state index contributed by atoms with van der Waals surface area (Å²) in [6, 6.07) is 16.6. The summed E-state index contributed by atoms with van der Waals surface area (Å²) >= 11 is 0. The van der Waals surface area contributed by atoms with E-state index >= 15 is 0 Å². The van der Waals surface area contributed by atoms with Crippen molar-refractivity contribution in [2.24, 2.45) is 0 Å². The number of rotatable bonds is 2. The van der Waals surface area contributed by atoms with E-state index in [9.17, 15) is 0 Å². The van der Waals surface area contributed by atoms with Gasteiger partial charge in [-0.2, -0.15) is 0 Å². The molecule has 2 heteroatoms. The van der Waals surface area contributed by atoms with Gasteiger partial charge in [-0.25, -0.2) is 0 Å². The molecule has 2 aromatic carbocycles. The number of fused-ring (bicyclic) bond motifs is 1. The van der Waals surface area contributed by atoms with Crippen LogP contribution in [-0.2, 0) is 6.54 Å². The van der Waals surface area contributed by atoms with Crippen LogP contribution in [0.15, 0.2) is 48.5 Å². The number of hydrogen-bond acceptors (Lipinski definition) is 1. The summed E-state index contributed by atoms with van der Waals surface area (Å²) in [4.78, 5) is 2.11. The molecule has 19 heavy (non-hydrogen) atoms. The lowest BCUT2D eigenvalue weighted by Crippen LogP contribution is -2.24. The van der Waals surface area contributed by atoms with Crippen molar-refractivity contribution in [3.63, 3.8) is 0 Å². The molecule has 0 unspecified atom stereocenters. The Morgan fingerprint density at radius 2 is 1.68 bits per heavy atom. The molecule has 2 aromatic rings. The Hall–Kier alpha value is -2.09. The molecule has 0 amide bonds. The van der Waals surface area contributed by atoms with Crippen molar-refractivity contribution in [1.29, 1.82) is 5.41 Å². The van der Waals surface area contributed by atoms with Crippen molar-refractivity contribution >= 4 is 11.5 Å². The normalized spacial score (nSPS) is 14.1. The largest absolute Gasteiger partial charge is 0.322 e. The first kappa shape index (κ1) is 12.0. The van der Waals surface area contributed by atoms with Crippen LogP contribution >= 0.6 is 0 Å². The monoisotopic (exact) mass is 250 g/mol. The molecule has 0 aromatic heterocycles. The Labute approximate surface area is 114 Å². The highest BCUT2D eigenvalue weighted by Gasteiger charge is 2.26. The molecule has 0 saturated carbocycles. The van der Waals surface area contributed by atoms with E-state index in [1.54, 1.807) is 0 Å². The molecule has 2 nitrogen and oxygen atoms in total. The molecular weight excluding hydrogens is 232 g/mol. The first-order chi connectivity index (χ1) is 9.18. The summed E-state index contributed by atoms with van der Waals surface area (Å²) < 4.78 is 0. The number of amidine groups is 1. The SMILES string of the molecule is CC(C)c1ccccc1N1Cc2ccccc2C1=N. The van der Waals surface area contributed by atoms with Gasteiger partial charge in [-0.15, -0.1) is 0 Å². The maximum atomic E-state index is 8.39. The van der Waals surface area contributed by atoms with Crippen molar-refractivity contribution in [2.75, 3.05) is 4.90 Å². The lowest BCUT2D eigenvalue weighted by molar-refractivity contribution is 0.857. The molecule has 0 bridgehead atoms. The summed E-state index contributed by atoms with van der Waals surface area (Å²) in [5.74, 6) is 1.08. The van der Waals surface area contributed by atoms with Crippen LogP contribution in [0.4, 0.5) is 5.69 Å². The molecule has 0 fully saturated rings. The van der Waals surface area contributed by atoms with Crippen LogP contribution in [0.5, 0.6) is 0 Å². The quantitative estimate of drug-likeness (QED) is 0.851. The summed E-state index contributed by atoms with van der Waals surface area (Å²) in [5, 5.41) is 8.39. The standard InChI is InChI=1S/C17H18N2/c1-12(2)14-8-5-6-10-16(14)19-11-13-7-3-4-9-15(13)17(19)18/h3-10,12,18H,11H2,1-2H3. The predicted octanol–water partition coefficient (Wildman–Crippen LogP) is 4.16. The van der Waals surface area contributed by atoms with Gasteiger partial charge in [-0.05, 0) is 23.1 Å². The second kappa shape index (κ2) is 4.54. The number of hydrogen-bond donors (Lipinski definition) is 1. The van der Waals surface area contributed by atoms with E-state index in [1.807, 2.05) is 18.2 Å². The van der Waals surface area contributed by atoms with Gasteiger partial charge in [0, 0.05) is 11.3 Å². The molecule has 1 N–H and O–H groups in total. The van der Waals surface area contributed by atoms with Gasteiger partial charge in [0.05, 0.1) is 6.54 Å². The van der Waals surface area contributed by atoms with Crippen molar-refractivity contribution in [3.8, 4) is 0 Å². The third-order valence-electron chi connectivity index (χ3n) is 3.72. The van der Waals surface area contributed by atoms with Gasteiger partial charge in [0.25, 0.3) is 0 Å². The van der Waals surface area contributed by atoms with Crippen molar-refractivity contribution in [3.05, 3.63) is 65.2 Å². The predicted molar refractivity (Wildman–Crippen MR) is 80.0 cm³/mol. The highest BCUT2D eigenvalue weighted by atomic mass is 15.2. The Balaban J connectivity index is 2.05. The zero-order chi connectivity index (χ0) is 13.4. The van der Waals surface area contributed by atoms with Crippen LogP contribution in [0.2, 0.25) is 0 Å². The van der Waals surface area contributed by atoms with Crippen molar-refractivity contribution in [1.82, 2.24) is 0 Å². The van der Waals surface area contributed by atoms with Crippen LogP contribution in [0.3, 0.4) is 0 Å². The Kier molecular flexibility index (Phi) is 2.86.